The first-order valence-electron chi connectivity index (χ1n) is 12.8. The molecule has 1 atom stereocenters. The maximum Gasteiger partial charge on any atom is 0.279 e. The zero-order valence-electron chi connectivity index (χ0n) is 21.4. The molecule has 0 spiro atoms. The highest BCUT2D eigenvalue weighted by Gasteiger charge is 2.28. The lowest BCUT2D eigenvalue weighted by Gasteiger charge is -2.26. The molecule has 0 bridgehead atoms. The van der Waals surface area contributed by atoms with Crippen LogP contribution in [0.25, 0.3) is 10.9 Å². The van der Waals surface area contributed by atoms with Crippen molar-refractivity contribution in [2.45, 2.75) is 30.2 Å². The molecule has 1 aliphatic heterocycles. The van der Waals surface area contributed by atoms with Crippen molar-refractivity contribution in [1.29, 1.82) is 0 Å². The number of rotatable bonds is 8. The van der Waals surface area contributed by atoms with Crippen molar-refractivity contribution in [1.82, 2.24) is 15.0 Å². The molecule has 3 amide bonds. The first kappa shape index (κ1) is 27.4. The van der Waals surface area contributed by atoms with Gasteiger partial charge in [0.25, 0.3) is 15.9 Å². The van der Waals surface area contributed by atoms with Crippen molar-refractivity contribution in [3.63, 3.8) is 0 Å². The third kappa shape index (κ3) is 6.03. The van der Waals surface area contributed by atoms with Crippen molar-refractivity contribution < 1.29 is 22.8 Å². The maximum atomic E-state index is 13.3. The Morgan fingerprint density at radius 2 is 1.73 bits per heavy atom. The van der Waals surface area contributed by atoms with Crippen LogP contribution in [0.15, 0.2) is 83.9 Å². The van der Waals surface area contributed by atoms with Gasteiger partial charge in [-0.05, 0) is 60.9 Å². The van der Waals surface area contributed by atoms with Crippen LogP contribution in [0.2, 0.25) is 5.02 Å². The summed E-state index contributed by atoms with van der Waals surface area (Å²) in [5.41, 5.74) is 2.14. The number of hydrogen-bond acceptors (Lipinski definition) is 5. The van der Waals surface area contributed by atoms with Gasteiger partial charge in [0.1, 0.15) is 0 Å². The van der Waals surface area contributed by atoms with Crippen LogP contribution in [0.5, 0.6) is 0 Å². The first-order valence-corrected chi connectivity index (χ1v) is 14.7. The molecule has 0 aliphatic carbocycles. The molecule has 3 N–H and O–H groups in total. The second kappa shape index (κ2) is 11.5. The van der Waals surface area contributed by atoms with E-state index in [0.29, 0.717) is 40.0 Å². The van der Waals surface area contributed by atoms with E-state index in [9.17, 15) is 22.8 Å². The zero-order valence-corrected chi connectivity index (χ0v) is 23.0. The van der Waals surface area contributed by atoms with Crippen LogP contribution in [0.1, 0.15) is 41.1 Å². The van der Waals surface area contributed by atoms with E-state index >= 15 is 0 Å². The average Bonchev–Trinajstić information content (AvgIpc) is 3.38. The minimum absolute atomic E-state index is 0.0614. The van der Waals surface area contributed by atoms with Gasteiger partial charge in [-0.2, -0.15) is 8.42 Å². The fourth-order valence-electron chi connectivity index (χ4n) is 4.69. The Kier molecular flexibility index (Phi) is 7.90. The zero-order chi connectivity index (χ0) is 28.3. The molecule has 1 fully saturated rings. The summed E-state index contributed by atoms with van der Waals surface area (Å²) in [6.45, 7) is 0.506. The highest BCUT2D eigenvalue weighted by molar-refractivity contribution is 7.90. The smallest absolute Gasteiger partial charge is 0.279 e. The number of aromatic amines is 1. The number of carbonyl (C=O) groups is 3. The topological polar surface area (TPSA) is 128 Å². The lowest BCUT2D eigenvalue weighted by atomic mass is 9.98. The SMILES string of the molecule is O=C(NCC(C(=O)NS(=O)(=O)c1cc2ccc(Cl)cc2[nH]1)c1ccccc1)c1ccc(N2CCCCC2=O)cc1. The van der Waals surface area contributed by atoms with Crippen LogP contribution < -0.4 is 14.9 Å². The van der Waals surface area contributed by atoms with Crippen LogP contribution >= 0.6 is 11.6 Å². The number of carbonyl (C=O) groups excluding carboxylic acids is 3. The Morgan fingerprint density at radius 1 is 0.975 bits per heavy atom. The van der Waals surface area contributed by atoms with Crippen LogP contribution in [0.3, 0.4) is 0 Å². The number of benzene rings is 3. The number of nitrogens with one attached hydrogen (secondary N) is 3. The number of amides is 3. The van der Waals surface area contributed by atoms with Gasteiger partial charge in [0, 0.05) is 46.7 Å². The van der Waals surface area contributed by atoms with Crippen LogP contribution in [-0.4, -0.2) is 44.2 Å². The van der Waals surface area contributed by atoms with Gasteiger partial charge in [0.2, 0.25) is 11.8 Å². The minimum Gasteiger partial charge on any atom is -0.351 e. The molecule has 40 heavy (non-hydrogen) atoms. The van der Waals surface area contributed by atoms with E-state index in [1.165, 1.54) is 6.07 Å². The van der Waals surface area contributed by atoms with Gasteiger partial charge in [-0.15, -0.1) is 0 Å². The number of piperidine rings is 1. The van der Waals surface area contributed by atoms with Crippen molar-refractivity contribution >= 4 is 55.9 Å². The normalized spacial score (nSPS) is 14.6. The Labute approximate surface area is 236 Å². The summed E-state index contributed by atoms with van der Waals surface area (Å²) in [7, 11) is -4.24. The van der Waals surface area contributed by atoms with Gasteiger partial charge in [-0.25, -0.2) is 4.72 Å². The number of aromatic nitrogens is 1. The van der Waals surface area contributed by atoms with Gasteiger partial charge in [-0.3, -0.25) is 14.4 Å². The van der Waals surface area contributed by atoms with Gasteiger partial charge in [-0.1, -0.05) is 48.0 Å². The molecule has 4 aromatic rings. The predicted molar refractivity (Wildman–Crippen MR) is 153 cm³/mol. The molecule has 11 heteroatoms. The second-order valence-electron chi connectivity index (χ2n) is 9.56. The molecule has 1 unspecified atom stereocenters. The van der Waals surface area contributed by atoms with E-state index < -0.39 is 27.8 Å². The molecule has 2 heterocycles. The molecule has 0 saturated carbocycles. The van der Waals surface area contributed by atoms with Gasteiger partial charge >= 0.3 is 0 Å². The van der Waals surface area contributed by atoms with Crippen molar-refractivity contribution in [3.05, 3.63) is 95.0 Å². The highest BCUT2D eigenvalue weighted by atomic mass is 35.5. The number of nitrogens with zero attached hydrogens (tertiary/aromatic N) is 1. The molecule has 0 radical (unpaired) electrons. The lowest BCUT2D eigenvalue weighted by Crippen LogP contribution is -2.40. The molecule has 1 aromatic heterocycles. The average molecular weight is 579 g/mol. The number of hydrogen-bond donors (Lipinski definition) is 3. The summed E-state index contributed by atoms with van der Waals surface area (Å²) in [4.78, 5) is 42.9. The molecule has 5 rings (SSSR count). The summed E-state index contributed by atoms with van der Waals surface area (Å²) in [6, 6.07) is 21.6. The Morgan fingerprint density at radius 3 is 2.45 bits per heavy atom. The van der Waals surface area contributed by atoms with Gasteiger partial charge < -0.3 is 15.2 Å². The molecule has 1 saturated heterocycles. The summed E-state index contributed by atoms with van der Waals surface area (Å²) in [5, 5.41) is 3.63. The first-order chi connectivity index (χ1) is 19.2. The van der Waals surface area contributed by atoms with E-state index in [0.717, 1.165) is 18.5 Å². The Hall–Kier alpha value is -4.15. The van der Waals surface area contributed by atoms with E-state index in [-0.39, 0.29) is 17.5 Å². The number of halogens is 1. The van der Waals surface area contributed by atoms with Crippen LogP contribution in [-0.2, 0) is 19.6 Å². The van der Waals surface area contributed by atoms with Crippen molar-refractivity contribution in [3.8, 4) is 0 Å². The Bertz CT molecular complexity index is 1670. The van der Waals surface area contributed by atoms with Crippen LogP contribution in [0.4, 0.5) is 5.69 Å². The molecule has 3 aromatic carbocycles. The summed E-state index contributed by atoms with van der Waals surface area (Å²) >= 11 is 6.00. The lowest BCUT2D eigenvalue weighted by molar-refractivity contribution is -0.121. The highest BCUT2D eigenvalue weighted by Crippen LogP contribution is 2.24. The number of fused-ring (bicyclic) bond motifs is 1. The van der Waals surface area contributed by atoms with E-state index in [1.54, 1.807) is 77.7 Å². The van der Waals surface area contributed by atoms with Gasteiger partial charge in [0.15, 0.2) is 5.03 Å². The molecule has 1 aliphatic rings. The molecular weight excluding hydrogens is 552 g/mol. The summed E-state index contributed by atoms with van der Waals surface area (Å²) in [6.07, 6.45) is 2.32. The fourth-order valence-corrected chi connectivity index (χ4v) is 5.91. The van der Waals surface area contributed by atoms with Gasteiger partial charge in [0.05, 0.1) is 5.92 Å². The summed E-state index contributed by atoms with van der Waals surface area (Å²) in [5.74, 6) is -2.14. The third-order valence-electron chi connectivity index (χ3n) is 6.83. The Balaban J connectivity index is 1.30. The fraction of sp³-hybridized carbons (Fsp3) is 0.207. The second-order valence-corrected chi connectivity index (χ2v) is 11.6. The molecule has 9 nitrogen and oxygen atoms in total. The number of anilines is 1. The van der Waals surface area contributed by atoms with Crippen LogP contribution in [0, 0.1) is 0 Å². The minimum atomic E-state index is -4.24. The maximum absolute atomic E-state index is 13.3. The quantitative estimate of drug-likeness (QED) is 0.286. The van der Waals surface area contributed by atoms with Crippen molar-refractivity contribution in [2.24, 2.45) is 0 Å². The molecular formula is C29H27ClN4O5S. The standard InChI is InChI=1S/C29H27ClN4O5S/c30-22-12-9-21-16-26(32-25(21)17-22)40(38,39)33-29(37)24(19-6-2-1-3-7-19)18-31-28(36)20-10-13-23(14-11-20)34-15-5-4-8-27(34)35/h1-3,6-7,9-14,16-17,24,32H,4-5,8,15,18H2,(H,31,36)(H,33,37). The predicted octanol–water partition coefficient (Wildman–Crippen LogP) is 4.36. The number of sulfonamides is 1. The monoisotopic (exact) mass is 578 g/mol. The largest absolute Gasteiger partial charge is 0.351 e. The van der Waals surface area contributed by atoms with E-state index in [2.05, 4.69) is 15.0 Å². The number of H-pyrrole nitrogens is 1. The van der Waals surface area contributed by atoms with E-state index in [4.69, 9.17) is 11.6 Å². The third-order valence-corrected chi connectivity index (χ3v) is 8.34. The molecule has 206 valence electrons. The summed E-state index contributed by atoms with van der Waals surface area (Å²) < 4.78 is 28.3. The van der Waals surface area contributed by atoms with E-state index in [1.807, 2.05) is 0 Å². The van der Waals surface area contributed by atoms with Crippen molar-refractivity contribution in [2.75, 3.05) is 18.0 Å².